The van der Waals surface area contributed by atoms with Gasteiger partial charge < -0.3 is 4.98 Å². The Balaban J connectivity index is 1.54. The second-order valence-corrected chi connectivity index (χ2v) is 10.4. The third-order valence-corrected chi connectivity index (χ3v) is 7.92. The Morgan fingerprint density at radius 1 is 1.09 bits per heavy atom. The van der Waals surface area contributed by atoms with Crippen molar-refractivity contribution in [2.75, 3.05) is 0 Å². The lowest BCUT2D eigenvalue weighted by Crippen LogP contribution is -2.41. The maximum Gasteiger partial charge on any atom is 0.252 e. The van der Waals surface area contributed by atoms with Crippen LogP contribution in [0, 0.1) is 6.92 Å². The number of nitrogens with one attached hydrogen (secondary N) is 1. The van der Waals surface area contributed by atoms with E-state index in [2.05, 4.69) is 56.1 Å². The van der Waals surface area contributed by atoms with Crippen LogP contribution < -0.4 is 5.56 Å². The number of hydrogen-bond donors (Lipinski definition) is 1. The first-order chi connectivity index (χ1) is 16.6. The van der Waals surface area contributed by atoms with Crippen molar-refractivity contribution in [3.8, 4) is 0 Å². The lowest BCUT2D eigenvalue weighted by atomic mass is 9.91. The summed E-state index contributed by atoms with van der Waals surface area (Å²) in [6, 6.07) is 9.29. The molecule has 2 aliphatic carbocycles. The molecule has 7 nitrogen and oxygen atoms in total. The van der Waals surface area contributed by atoms with Gasteiger partial charge in [-0.25, -0.2) is 4.68 Å². The van der Waals surface area contributed by atoms with Crippen LogP contribution in [0.5, 0.6) is 0 Å². The first kappa shape index (κ1) is 23.2. The molecule has 0 amide bonds. The summed E-state index contributed by atoms with van der Waals surface area (Å²) >= 11 is 0. The van der Waals surface area contributed by atoms with Crippen LogP contribution in [0.3, 0.4) is 0 Å². The van der Waals surface area contributed by atoms with Gasteiger partial charge in [-0.2, -0.15) is 0 Å². The average molecular weight is 463 g/mol. The molecule has 2 fully saturated rings. The topological polar surface area (TPSA) is 79.7 Å². The number of hydrogen-bond acceptors (Lipinski definition) is 5. The van der Waals surface area contributed by atoms with Crippen LogP contribution in [0.2, 0.25) is 0 Å². The second kappa shape index (κ2) is 10.4. The number of aryl methyl sites for hydroxylation is 1. The third kappa shape index (κ3) is 4.81. The molecule has 7 heteroatoms. The quantitative estimate of drug-likeness (QED) is 0.470. The van der Waals surface area contributed by atoms with E-state index in [4.69, 9.17) is 0 Å². The number of nitrogens with zero attached hydrogens (tertiary/aromatic N) is 5. The smallest absolute Gasteiger partial charge is 0.252 e. The van der Waals surface area contributed by atoms with Crippen LogP contribution in [0.4, 0.5) is 0 Å². The van der Waals surface area contributed by atoms with Gasteiger partial charge in [-0.05, 0) is 73.0 Å². The highest BCUT2D eigenvalue weighted by molar-refractivity contribution is 5.79. The summed E-state index contributed by atoms with van der Waals surface area (Å²) < 4.78 is 2.12. The van der Waals surface area contributed by atoms with Crippen molar-refractivity contribution < 1.29 is 0 Å². The number of H-pyrrole nitrogens is 1. The number of rotatable bonds is 8. The Morgan fingerprint density at radius 2 is 1.85 bits per heavy atom. The lowest BCUT2D eigenvalue weighted by Gasteiger charge is -2.39. The second-order valence-electron chi connectivity index (χ2n) is 10.4. The normalized spacial score (nSPS) is 18.8. The van der Waals surface area contributed by atoms with E-state index >= 15 is 0 Å². The predicted octanol–water partition coefficient (Wildman–Crippen LogP) is 5.61. The van der Waals surface area contributed by atoms with Crippen molar-refractivity contribution in [1.82, 2.24) is 30.1 Å². The van der Waals surface area contributed by atoms with Crippen LogP contribution in [-0.2, 0) is 6.54 Å². The Labute approximate surface area is 201 Å². The number of aromatic nitrogens is 5. The highest BCUT2D eigenvalue weighted by Gasteiger charge is 2.34. The van der Waals surface area contributed by atoms with Crippen LogP contribution in [-0.4, -0.2) is 36.1 Å². The zero-order valence-electron chi connectivity index (χ0n) is 20.7. The van der Waals surface area contributed by atoms with Gasteiger partial charge in [0.15, 0.2) is 5.82 Å². The van der Waals surface area contributed by atoms with Crippen molar-refractivity contribution in [3.63, 3.8) is 0 Å². The van der Waals surface area contributed by atoms with E-state index in [0.717, 1.165) is 48.0 Å². The van der Waals surface area contributed by atoms with E-state index in [1.165, 1.54) is 50.5 Å². The van der Waals surface area contributed by atoms with Gasteiger partial charge >= 0.3 is 0 Å². The maximum atomic E-state index is 13.2. The van der Waals surface area contributed by atoms with E-state index in [1.54, 1.807) is 0 Å². The molecule has 5 rings (SSSR count). The number of fused-ring (bicyclic) bond motifs is 1. The third-order valence-electron chi connectivity index (χ3n) is 7.92. The molecule has 2 heterocycles. The summed E-state index contributed by atoms with van der Waals surface area (Å²) in [4.78, 5) is 18.9. The molecule has 2 saturated carbocycles. The Bertz CT molecular complexity index is 1160. The van der Waals surface area contributed by atoms with Gasteiger partial charge in [-0.3, -0.25) is 9.69 Å². The first-order valence-electron chi connectivity index (χ1n) is 13.3. The molecule has 0 aliphatic heterocycles. The van der Waals surface area contributed by atoms with Crippen molar-refractivity contribution in [1.29, 1.82) is 0 Å². The molecule has 1 unspecified atom stereocenters. The van der Waals surface area contributed by atoms with Gasteiger partial charge in [0.05, 0.1) is 12.1 Å². The highest BCUT2D eigenvalue weighted by Crippen LogP contribution is 2.36. The zero-order chi connectivity index (χ0) is 23.5. The fourth-order valence-corrected chi connectivity index (χ4v) is 6.14. The summed E-state index contributed by atoms with van der Waals surface area (Å²) in [6.45, 7) is 4.96. The van der Waals surface area contributed by atoms with Gasteiger partial charge in [0.1, 0.15) is 0 Å². The molecular weight excluding hydrogens is 424 g/mol. The molecule has 1 N–H and O–H groups in total. The minimum atomic E-state index is 0.0165. The molecule has 0 radical (unpaired) electrons. The molecule has 0 bridgehead atoms. The summed E-state index contributed by atoms with van der Waals surface area (Å²) in [7, 11) is 0. The molecule has 0 saturated heterocycles. The molecule has 34 heavy (non-hydrogen) atoms. The Morgan fingerprint density at radius 3 is 2.62 bits per heavy atom. The van der Waals surface area contributed by atoms with E-state index in [9.17, 15) is 4.79 Å². The number of pyridine rings is 1. The summed E-state index contributed by atoms with van der Waals surface area (Å²) in [5.74, 6) is 0.993. The number of benzene rings is 1. The predicted molar refractivity (Wildman–Crippen MR) is 135 cm³/mol. The van der Waals surface area contributed by atoms with Crippen LogP contribution in [0.25, 0.3) is 10.9 Å². The van der Waals surface area contributed by atoms with E-state index in [1.807, 2.05) is 12.1 Å². The van der Waals surface area contributed by atoms with Crippen molar-refractivity contribution >= 4 is 10.9 Å². The van der Waals surface area contributed by atoms with Crippen LogP contribution >= 0.6 is 0 Å². The van der Waals surface area contributed by atoms with Gasteiger partial charge in [-0.1, -0.05) is 57.1 Å². The minimum absolute atomic E-state index is 0.0165. The molecule has 0 spiro atoms. The molecule has 182 valence electrons. The largest absolute Gasteiger partial charge is 0.322 e. The van der Waals surface area contributed by atoms with Crippen LogP contribution in [0.1, 0.15) is 107 Å². The van der Waals surface area contributed by atoms with E-state index in [0.29, 0.717) is 18.6 Å². The summed E-state index contributed by atoms with van der Waals surface area (Å²) in [5, 5.41) is 14.3. The highest BCUT2D eigenvalue weighted by atomic mass is 16.1. The van der Waals surface area contributed by atoms with Crippen LogP contribution in [0.15, 0.2) is 29.1 Å². The maximum absolute atomic E-state index is 13.2. The zero-order valence-corrected chi connectivity index (χ0v) is 20.7. The molecule has 2 aliphatic rings. The summed E-state index contributed by atoms with van der Waals surface area (Å²) in [5.41, 5.74) is 2.96. The SMILES string of the molecule is CCCC(c1nnnn1C1CCCC1)N(Cc1cc2cc(C)ccc2[nH]c1=O)C1CCCCC1. The minimum Gasteiger partial charge on any atom is -0.322 e. The molecule has 1 atom stereocenters. The molecule has 1 aromatic carbocycles. The van der Waals surface area contributed by atoms with Crippen molar-refractivity contribution in [2.24, 2.45) is 0 Å². The van der Waals surface area contributed by atoms with Gasteiger partial charge in [0.25, 0.3) is 5.56 Å². The number of aromatic amines is 1. The molecular formula is C27H38N6O. The average Bonchev–Trinajstić information content (AvgIpc) is 3.54. The first-order valence-corrected chi connectivity index (χ1v) is 13.3. The summed E-state index contributed by atoms with van der Waals surface area (Å²) in [6.07, 6.45) is 13.0. The van der Waals surface area contributed by atoms with E-state index < -0.39 is 0 Å². The Hall–Kier alpha value is -2.54. The van der Waals surface area contributed by atoms with Gasteiger partial charge in [0.2, 0.25) is 0 Å². The van der Waals surface area contributed by atoms with E-state index in [-0.39, 0.29) is 11.6 Å². The monoisotopic (exact) mass is 462 g/mol. The standard InChI is InChI=1S/C27H38N6O/c1-3-9-25(26-29-30-31-33(26)23-12-7-8-13-23)32(22-10-5-4-6-11-22)18-21-17-20-16-19(2)14-15-24(20)28-27(21)34/h14-17,22-23,25H,3-13,18H2,1-2H3,(H,28,34). The van der Waals surface area contributed by atoms with Crippen molar-refractivity contribution in [2.45, 2.75) is 109 Å². The fourth-order valence-electron chi connectivity index (χ4n) is 6.14. The Kier molecular flexibility index (Phi) is 7.09. The van der Waals surface area contributed by atoms with Gasteiger partial charge in [0, 0.05) is 23.7 Å². The molecule has 2 aromatic heterocycles. The number of tetrazole rings is 1. The fraction of sp³-hybridized carbons (Fsp3) is 0.630. The molecule has 3 aromatic rings. The van der Waals surface area contributed by atoms with Gasteiger partial charge in [-0.15, -0.1) is 5.10 Å². The van der Waals surface area contributed by atoms with Crippen molar-refractivity contribution in [3.05, 3.63) is 51.6 Å². The lowest BCUT2D eigenvalue weighted by molar-refractivity contribution is 0.0798.